The molecule has 1 atom stereocenters. The number of aryl methyl sites for hydroxylation is 1. The second-order valence-corrected chi connectivity index (χ2v) is 5.13. The van der Waals surface area contributed by atoms with Crippen molar-refractivity contribution in [1.29, 1.82) is 0 Å². The summed E-state index contributed by atoms with van der Waals surface area (Å²) in [5.74, 6) is -0.435. The van der Waals surface area contributed by atoms with Crippen molar-refractivity contribution < 1.29 is 13.2 Å². The van der Waals surface area contributed by atoms with Crippen molar-refractivity contribution in [3.8, 4) is 0 Å². The third kappa shape index (κ3) is 2.00. The molecule has 1 N–H and O–H groups in total. The van der Waals surface area contributed by atoms with Gasteiger partial charge in [0, 0.05) is 11.2 Å². The van der Waals surface area contributed by atoms with Gasteiger partial charge in [-0.1, -0.05) is 0 Å². The van der Waals surface area contributed by atoms with Crippen LogP contribution in [-0.2, 0) is 20.0 Å². The Kier molecular flexibility index (Phi) is 2.46. The fourth-order valence-electron chi connectivity index (χ4n) is 0.902. The fraction of sp³-hybridized carbons (Fsp3) is 0.143. The molecule has 2 nitrogen and oxygen atoms in total. The van der Waals surface area contributed by atoms with Gasteiger partial charge >= 0.3 is 0 Å². The number of hydrogen-bond acceptors (Lipinski definition) is 2. The molecule has 0 bridgehead atoms. The van der Waals surface area contributed by atoms with E-state index in [1.807, 2.05) is 0 Å². The molecular weight excluding hydrogens is 199 g/mol. The van der Waals surface area contributed by atoms with Gasteiger partial charge in [0.15, 0.2) is 8.77 Å². The Morgan fingerprint density at radius 1 is 1.58 bits per heavy atom. The average Bonchev–Trinajstić information content (AvgIpc) is 1.83. The summed E-state index contributed by atoms with van der Waals surface area (Å²) >= 11 is 4.34. The van der Waals surface area contributed by atoms with Crippen molar-refractivity contribution >= 4 is 20.0 Å². The highest BCUT2D eigenvalue weighted by atomic mass is 32.8. The third-order valence-electron chi connectivity index (χ3n) is 1.41. The van der Waals surface area contributed by atoms with Crippen molar-refractivity contribution in [2.75, 3.05) is 0 Å². The van der Waals surface area contributed by atoms with Crippen LogP contribution in [0.2, 0.25) is 0 Å². The van der Waals surface area contributed by atoms with E-state index in [1.165, 1.54) is 12.1 Å². The topological polar surface area (TPSA) is 37.3 Å². The predicted molar refractivity (Wildman–Crippen MR) is 47.5 cm³/mol. The van der Waals surface area contributed by atoms with E-state index < -0.39 is 14.6 Å². The van der Waals surface area contributed by atoms with E-state index in [-0.39, 0.29) is 4.90 Å². The molecule has 0 aliphatic rings. The first kappa shape index (κ1) is 9.57. The number of rotatable bonds is 1. The Hall–Kier alpha value is -0.520. The van der Waals surface area contributed by atoms with Crippen LogP contribution in [0.15, 0.2) is 23.1 Å². The van der Waals surface area contributed by atoms with Gasteiger partial charge in [0.25, 0.3) is 0 Å². The third-order valence-corrected chi connectivity index (χ3v) is 2.97. The molecule has 12 heavy (non-hydrogen) atoms. The van der Waals surface area contributed by atoms with Crippen LogP contribution in [0.25, 0.3) is 0 Å². The number of benzene rings is 1. The summed E-state index contributed by atoms with van der Waals surface area (Å²) in [6, 6.07) is 3.53. The molecule has 66 valence electrons. The zero-order chi connectivity index (χ0) is 9.35. The number of halogens is 1. The van der Waals surface area contributed by atoms with Crippen LogP contribution in [-0.4, -0.2) is 8.76 Å². The van der Waals surface area contributed by atoms with Gasteiger partial charge in [0.1, 0.15) is 5.82 Å². The summed E-state index contributed by atoms with van der Waals surface area (Å²) in [5, 5.41) is 0. The highest BCUT2D eigenvalue weighted by Gasteiger charge is 2.08. The van der Waals surface area contributed by atoms with Crippen molar-refractivity contribution in [2.24, 2.45) is 0 Å². The SMILES string of the molecule is Cc1cc(F)ccc1S(=O)(O)=S. The Labute approximate surface area is 74.9 Å². The molecule has 0 saturated heterocycles. The lowest BCUT2D eigenvalue weighted by Crippen LogP contribution is -1.99. The normalized spacial score (nSPS) is 15.6. The van der Waals surface area contributed by atoms with Gasteiger partial charge in [-0.3, -0.25) is 0 Å². The van der Waals surface area contributed by atoms with E-state index in [0.29, 0.717) is 5.56 Å². The van der Waals surface area contributed by atoms with Crippen LogP contribution in [0.3, 0.4) is 0 Å². The van der Waals surface area contributed by atoms with E-state index in [1.54, 1.807) is 6.92 Å². The van der Waals surface area contributed by atoms with Gasteiger partial charge in [0.2, 0.25) is 0 Å². The summed E-state index contributed by atoms with van der Waals surface area (Å²) in [4.78, 5) is 0.110. The van der Waals surface area contributed by atoms with Crippen LogP contribution < -0.4 is 0 Å². The Bertz CT molecular complexity index is 398. The molecule has 1 aromatic carbocycles. The minimum Gasteiger partial charge on any atom is -0.302 e. The van der Waals surface area contributed by atoms with Crippen LogP contribution in [0.4, 0.5) is 4.39 Å². The minimum atomic E-state index is -3.38. The van der Waals surface area contributed by atoms with Crippen molar-refractivity contribution in [2.45, 2.75) is 11.8 Å². The molecule has 5 heteroatoms. The first-order chi connectivity index (χ1) is 5.41. The van der Waals surface area contributed by atoms with Crippen molar-refractivity contribution in [1.82, 2.24) is 0 Å². The molecule has 1 rings (SSSR count). The lowest BCUT2D eigenvalue weighted by atomic mass is 10.2. The fourth-order valence-corrected chi connectivity index (χ4v) is 2.17. The summed E-state index contributed by atoms with van der Waals surface area (Å²) in [7, 11) is -3.38. The second-order valence-electron chi connectivity index (χ2n) is 2.38. The molecule has 0 aliphatic heterocycles. The highest BCUT2D eigenvalue weighted by Crippen LogP contribution is 2.15. The molecule has 0 fully saturated rings. The van der Waals surface area contributed by atoms with E-state index in [2.05, 4.69) is 11.2 Å². The maximum Gasteiger partial charge on any atom is 0.171 e. The molecule has 0 aromatic heterocycles. The molecule has 1 unspecified atom stereocenters. The van der Waals surface area contributed by atoms with E-state index >= 15 is 0 Å². The summed E-state index contributed by atoms with van der Waals surface area (Å²) in [6.45, 7) is 1.54. The van der Waals surface area contributed by atoms with Gasteiger partial charge in [-0.25, -0.2) is 8.60 Å². The smallest absolute Gasteiger partial charge is 0.171 e. The van der Waals surface area contributed by atoms with Crippen LogP contribution in [0, 0.1) is 12.7 Å². The molecule has 0 aliphatic carbocycles. The zero-order valence-electron chi connectivity index (χ0n) is 6.28. The Morgan fingerprint density at radius 3 is 2.58 bits per heavy atom. The highest BCUT2D eigenvalue weighted by molar-refractivity contribution is 8.29. The Balaban J connectivity index is 3.39. The second kappa shape index (κ2) is 3.08. The van der Waals surface area contributed by atoms with E-state index in [0.717, 1.165) is 6.07 Å². The van der Waals surface area contributed by atoms with Gasteiger partial charge in [-0.15, -0.1) is 0 Å². The van der Waals surface area contributed by atoms with Crippen LogP contribution in [0.5, 0.6) is 0 Å². The van der Waals surface area contributed by atoms with E-state index in [4.69, 9.17) is 4.55 Å². The summed E-state index contributed by atoms with van der Waals surface area (Å²) in [5.41, 5.74) is 0.400. The van der Waals surface area contributed by atoms with E-state index in [9.17, 15) is 8.60 Å². The molecule has 0 saturated carbocycles. The first-order valence-corrected chi connectivity index (χ1v) is 5.59. The lowest BCUT2D eigenvalue weighted by Gasteiger charge is -2.02. The Morgan fingerprint density at radius 2 is 2.17 bits per heavy atom. The molecule has 1 aromatic rings. The lowest BCUT2D eigenvalue weighted by molar-refractivity contribution is 0.560. The van der Waals surface area contributed by atoms with Crippen molar-refractivity contribution in [3.05, 3.63) is 29.6 Å². The summed E-state index contributed by atoms with van der Waals surface area (Å²) < 4.78 is 32.5. The van der Waals surface area contributed by atoms with Gasteiger partial charge in [-0.05, 0) is 30.7 Å². The molecule has 0 heterocycles. The van der Waals surface area contributed by atoms with Crippen molar-refractivity contribution in [3.63, 3.8) is 0 Å². The molecule has 0 radical (unpaired) electrons. The standard InChI is InChI=1S/C7H7FO2S2/c1-5-4-6(8)2-3-7(5)12(9,10)11/h2-4H,1H3,(H,9,10,11). The van der Waals surface area contributed by atoms with Gasteiger partial charge < -0.3 is 4.55 Å². The number of hydrogen-bond donors (Lipinski definition) is 1. The maximum absolute atomic E-state index is 12.5. The molecular formula is C7H7FO2S2. The maximum atomic E-state index is 12.5. The monoisotopic (exact) mass is 206 g/mol. The average molecular weight is 206 g/mol. The predicted octanol–water partition coefficient (Wildman–Crippen LogP) is 1.71. The first-order valence-electron chi connectivity index (χ1n) is 3.15. The largest absolute Gasteiger partial charge is 0.302 e. The molecule has 0 spiro atoms. The molecule has 0 amide bonds. The van der Waals surface area contributed by atoms with Gasteiger partial charge in [-0.2, -0.15) is 0 Å². The van der Waals surface area contributed by atoms with Crippen LogP contribution in [0.1, 0.15) is 5.56 Å². The zero-order valence-corrected chi connectivity index (χ0v) is 7.91. The van der Waals surface area contributed by atoms with Crippen LogP contribution >= 0.6 is 0 Å². The summed E-state index contributed by atoms with van der Waals surface area (Å²) in [6.07, 6.45) is 0. The quantitative estimate of drug-likeness (QED) is 0.760. The minimum absolute atomic E-state index is 0.110. The van der Waals surface area contributed by atoms with Gasteiger partial charge in [0.05, 0.1) is 4.90 Å².